The number of halogens is 1. The Morgan fingerprint density at radius 1 is 1.46 bits per heavy atom. The highest BCUT2D eigenvalue weighted by Gasteiger charge is 2.50. The van der Waals surface area contributed by atoms with E-state index in [1.54, 1.807) is 13.8 Å². The van der Waals surface area contributed by atoms with Crippen LogP contribution >= 0.6 is 15.9 Å². The second-order valence-electron chi connectivity index (χ2n) is 6.18. The molecule has 2 rings (SSSR count). The zero-order valence-corrected chi connectivity index (χ0v) is 16.8. The Balaban J connectivity index is 2.50. The summed E-state index contributed by atoms with van der Waals surface area (Å²) in [6.45, 7) is 3.24. The monoisotopic (exact) mass is 450 g/mol. The van der Waals surface area contributed by atoms with Gasteiger partial charge < -0.3 is 9.47 Å². The Morgan fingerprint density at radius 2 is 2.04 bits per heavy atom. The number of methoxy groups -OCH3 is 1. The number of hydrogen-bond acceptors (Lipinski definition) is 7. The van der Waals surface area contributed by atoms with E-state index in [1.807, 2.05) is 0 Å². The second kappa shape index (κ2) is 7.59. The average molecular weight is 451 g/mol. The Hall–Kier alpha value is -1.56. The lowest BCUT2D eigenvalue weighted by molar-refractivity contribution is -0.384. The molecule has 0 N–H and O–H groups in total. The number of hydrogen-bond donors (Lipinski definition) is 0. The molecule has 9 nitrogen and oxygen atoms in total. The van der Waals surface area contributed by atoms with Crippen LogP contribution < -0.4 is 0 Å². The Morgan fingerprint density at radius 3 is 2.50 bits per heavy atom. The van der Waals surface area contributed by atoms with Gasteiger partial charge in [-0.25, -0.2) is 8.42 Å². The second-order valence-corrected chi connectivity index (χ2v) is 8.63. The molecule has 0 saturated carbocycles. The number of nitro groups is 1. The first-order valence-corrected chi connectivity index (χ1v) is 10.2. The number of benzene rings is 1. The van der Waals surface area contributed by atoms with Crippen LogP contribution in [0.4, 0.5) is 5.69 Å². The van der Waals surface area contributed by atoms with Crippen molar-refractivity contribution in [2.75, 3.05) is 19.0 Å². The van der Waals surface area contributed by atoms with Crippen LogP contribution in [0.1, 0.15) is 13.8 Å². The lowest BCUT2D eigenvalue weighted by Gasteiger charge is -2.45. The molecule has 1 aromatic rings. The standard InChI is InChI=1S/C15H19BrN2O7S/c1-10-13(14(19)24-3)17(9-15(2,8-16)25-10)26(22,23)12-6-4-11(5-7-12)18(20)21/h4-7,10,13H,8-9H2,1-3H3/t10-,13+,15-/m1/s1. The largest absolute Gasteiger partial charge is 0.468 e. The highest BCUT2D eigenvalue weighted by atomic mass is 79.9. The third-order valence-corrected chi connectivity index (χ3v) is 7.12. The molecule has 0 bridgehead atoms. The molecular weight excluding hydrogens is 432 g/mol. The number of morpholine rings is 1. The SMILES string of the molecule is COC(=O)[C@@H]1[C@@H](C)O[C@](C)(CBr)CN1S(=O)(=O)c1ccc([N+](=O)[O-])cc1. The molecule has 1 saturated heterocycles. The van der Waals surface area contributed by atoms with Crippen LogP contribution in [0, 0.1) is 10.1 Å². The Kier molecular flexibility index (Phi) is 6.06. The van der Waals surface area contributed by atoms with Crippen LogP contribution in [0.5, 0.6) is 0 Å². The van der Waals surface area contributed by atoms with E-state index in [0.717, 1.165) is 28.6 Å². The van der Waals surface area contributed by atoms with E-state index in [-0.39, 0.29) is 17.1 Å². The van der Waals surface area contributed by atoms with E-state index >= 15 is 0 Å². The van der Waals surface area contributed by atoms with Crippen LogP contribution in [-0.4, -0.2) is 60.3 Å². The Labute approximate surface area is 159 Å². The van der Waals surface area contributed by atoms with E-state index < -0.39 is 38.7 Å². The third-order valence-electron chi connectivity index (χ3n) is 4.10. The first-order chi connectivity index (χ1) is 12.1. The van der Waals surface area contributed by atoms with Crippen LogP contribution in [0.25, 0.3) is 0 Å². The molecule has 1 aliphatic heterocycles. The molecule has 0 radical (unpaired) electrons. The van der Waals surface area contributed by atoms with E-state index in [1.165, 1.54) is 7.11 Å². The zero-order chi connectivity index (χ0) is 19.7. The zero-order valence-electron chi connectivity index (χ0n) is 14.4. The normalized spacial score (nSPS) is 27.1. The summed E-state index contributed by atoms with van der Waals surface area (Å²) in [5.41, 5.74) is -1.08. The van der Waals surface area contributed by atoms with Gasteiger partial charge >= 0.3 is 5.97 Å². The van der Waals surface area contributed by atoms with E-state index in [4.69, 9.17) is 9.47 Å². The summed E-state index contributed by atoms with van der Waals surface area (Å²) >= 11 is 3.31. The number of nitrogens with zero attached hydrogens (tertiary/aromatic N) is 2. The van der Waals surface area contributed by atoms with Gasteiger partial charge in [0.2, 0.25) is 10.0 Å². The highest BCUT2D eigenvalue weighted by Crippen LogP contribution is 2.33. The van der Waals surface area contributed by atoms with Crippen LogP contribution in [0.3, 0.4) is 0 Å². The molecular formula is C15H19BrN2O7S. The molecule has 0 aromatic heterocycles. The average Bonchev–Trinajstić information content (AvgIpc) is 2.60. The fraction of sp³-hybridized carbons (Fsp3) is 0.533. The minimum absolute atomic E-state index is 0.0817. The summed E-state index contributed by atoms with van der Waals surface area (Å²) in [5, 5.41) is 11.1. The van der Waals surface area contributed by atoms with Gasteiger partial charge in [-0.2, -0.15) is 4.31 Å². The molecule has 11 heteroatoms. The molecule has 1 aromatic carbocycles. The molecule has 1 fully saturated rings. The maximum atomic E-state index is 13.1. The lowest BCUT2D eigenvalue weighted by Crippen LogP contribution is -2.63. The van der Waals surface area contributed by atoms with Crippen LogP contribution in [0.15, 0.2) is 29.2 Å². The predicted octanol–water partition coefficient (Wildman–Crippen LogP) is 1.70. The minimum atomic E-state index is -4.11. The van der Waals surface area contributed by atoms with Gasteiger partial charge in [0.1, 0.15) is 6.04 Å². The van der Waals surface area contributed by atoms with Gasteiger partial charge in [-0.1, -0.05) is 15.9 Å². The summed E-state index contributed by atoms with van der Waals surface area (Å²) in [6, 6.07) is 3.34. The van der Waals surface area contributed by atoms with Crippen molar-refractivity contribution in [2.24, 2.45) is 0 Å². The molecule has 0 spiro atoms. The van der Waals surface area contributed by atoms with Crippen molar-refractivity contribution in [1.82, 2.24) is 4.31 Å². The fourth-order valence-corrected chi connectivity index (χ4v) is 4.89. The maximum absolute atomic E-state index is 13.1. The van der Waals surface area contributed by atoms with Gasteiger partial charge in [0.05, 0.1) is 28.6 Å². The predicted molar refractivity (Wildman–Crippen MR) is 95.5 cm³/mol. The molecule has 0 amide bonds. The number of sulfonamides is 1. The van der Waals surface area contributed by atoms with Crippen LogP contribution in [-0.2, 0) is 24.3 Å². The quantitative estimate of drug-likeness (QED) is 0.290. The number of rotatable bonds is 5. The molecule has 1 heterocycles. The van der Waals surface area contributed by atoms with Gasteiger partial charge in [0, 0.05) is 24.0 Å². The summed E-state index contributed by atoms with van der Waals surface area (Å²) in [7, 11) is -2.94. The van der Waals surface area contributed by atoms with Gasteiger partial charge in [0.25, 0.3) is 5.69 Å². The van der Waals surface area contributed by atoms with Gasteiger partial charge in [-0.15, -0.1) is 0 Å². The van der Waals surface area contributed by atoms with E-state index in [9.17, 15) is 23.3 Å². The van der Waals surface area contributed by atoms with Gasteiger partial charge in [0.15, 0.2) is 0 Å². The van der Waals surface area contributed by atoms with Crippen molar-refractivity contribution >= 4 is 37.6 Å². The van der Waals surface area contributed by atoms with Crippen molar-refractivity contribution in [3.63, 3.8) is 0 Å². The van der Waals surface area contributed by atoms with Gasteiger partial charge in [-0.05, 0) is 26.0 Å². The van der Waals surface area contributed by atoms with Crippen molar-refractivity contribution in [3.05, 3.63) is 34.4 Å². The minimum Gasteiger partial charge on any atom is -0.468 e. The van der Waals surface area contributed by atoms with Crippen LogP contribution in [0.2, 0.25) is 0 Å². The molecule has 0 aliphatic carbocycles. The smallest absolute Gasteiger partial charge is 0.326 e. The summed E-state index contributed by atoms with van der Waals surface area (Å²) in [6.07, 6.45) is -0.744. The molecule has 26 heavy (non-hydrogen) atoms. The topological polar surface area (TPSA) is 116 Å². The first-order valence-electron chi connectivity index (χ1n) is 7.63. The number of ether oxygens (including phenoxy) is 2. The number of carbonyl (C=O) groups excluding carboxylic acids is 1. The van der Waals surface area contributed by atoms with E-state index in [2.05, 4.69) is 15.9 Å². The fourth-order valence-electron chi connectivity index (χ4n) is 2.83. The summed E-state index contributed by atoms with van der Waals surface area (Å²) < 4.78 is 37.9. The van der Waals surface area contributed by atoms with E-state index in [0.29, 0.717) is 5.33 Å². The molecule has 0 unspecified atom stereocenters. The molecule has 3 atom stereocenters. The number of esters is 1. The summed E-state index contributed by atoms with van der Waals surface area (Å²) in [5.74, 6) is -0.736. The van der Waals surface area contributed by atoms with Crippen molar-refractivity contribution in [1.29, 1.82) is 0 Å². The molecule has 1 aliphatic rings. The number of non-ortho nitro benzene ring substituents is 1. The van der Waals surface area contributed by atoms with Crippen molar-refractivity contribution in [2.45, 2.75) is 36.5 Å². The number of alkyl halides is 1. The number of carbonyl (C=O) groups is 1. The number of nitro benzene ring substituents is 1. The lowest BCUT2D eigenvalue weighted by atomic mass is 10.0. The first kappa shape index (κ1) is 20.7. The Bertz CT molecular complexity index is 799. The van der Waals surface area contributed by atoms with Crippen molar-refractivity contribution < 1.29 is 27.6 Å². The maximum Gasteiger partial charge on any atom is 0.326 e. The van der Waals surface area contributed by atoms with Crippen molar-refractivity contribution in [3.8, 4) is 0 Å². The highest BCUT2D eigenvalue weighted by molar-refractivity contribution is 9.09. The summed E-state index contributed by atoms with van der Waals surface area (Å²) in [4.78, 5) is 22.2. The van der Waals surface area contributed by atoms with Gasteiger partial charge in [-0.3, -0.25) is 14.9 Å². The molecule has 144 valence electrons. The third kappa shape index (κ3) is 3.90.